The normalized spacial score (nSPS) is 11.1. The highest BCUT2D eigenvalue weighted by Gasteiger charge is 2.17. The van der Waals surface area contributed by atoms with Crippen molar-refractivity contribution in [2.45, 2.75) is 20.4 Å². The third-order valence-electron chi connectivity index (χ3n) is 5.77. The second kappa shape index (κ2) is 9.63. The topological polar surface area (TPSA) is 41.4 Å². The lowest BCUT2D eigenvalue weighted by Crippen LogP contribution is -2.29. The smallest absolute Gasteiger partial charge is 0.266 e. The number of nitrogens with zero attached hydrogens (tertiary/aromatic N) is 4. The molecule has 0 saturated heterocycles. The summed E-state index contributed by atoms with van der Waals surface area (Å²) in [5, 5.41) is 0.634. The Labute approximate surface area is 197 Å². The van der Waals surface area contributed by atoms with Crippen molar-refractivity contribution in [3.05, 3.63) is 93.7 Å². The van der Waals surface area contributed by atoms with Crippen molar-refractivity contribution < 1.29 is 4.39 Å². The molecule has 4 aromatic rings. The third-order valence-corrected chi connectivity index (χ3v) is 6.09. The molecule has 5 nitrogen and oxygen atoms in total. The molecule has 0 unspecified atom stereocenters. The lowest BCUT2D eigenvalue weighted by Gasteiger charge is -2.25. The van der Waals surface area contributed by atoms with Crippen LogP contribution in [0, 0.1) is 5.82 Å². The molecule has 33 heavy (non-hydrogen) atoms. The average Bonchev–Trinajstić information content (AvgIpc) is 2.82. The van der Waals surface area contributed by atoms with Crippen LogP contribution in [0.5, 0.6) is 0 Å². The van der Waals surface area contributed by atoms with Gasteiger partial charge in [-0.25, -0.2) is 9.37 Å². The quantitative estimate of drug-likeness (QED) is 0.354. The Balaban J connectivity index is 1.83. The van der Waals surface area contributed by atoms with Crippen molar-refractivity contribution in [2.75, 3.05) is 29.9 Å². The van der Waals surface area contributed by atoms with Crippen molar-refractivity contribution in [3.8, 4) is 5.69 Å². The van der Waals surface area contributed by atoms with Gasteiger partial charge in [-0.1, -0.05) is 29.8 Å². The fourth-order valence-corrected chi connectivity index (χ4v) is 4.23. The predicted molar refractivity (Wildman–Crippen MR) is 134 cm³/mol. The molecule has 1 aromatic heterocycles. The number of hydrogen-bond donors (Lipinski definition) is 0. The van der Waals surface area contributed by atoms with E-state index in [0.29, 0.717) is 28.6 Å². The summed E-state index contributed by atoms with van der Waals surface area (Å²) in [4.78, 5) is 22.5. The number of hydrogen-bond acceptors (Lipinski definition) is 4. The molecular weight excluding hydrogens is 439 g/mol. The molecule has 1 heterocycles. The summed E-state index contributed by atoms with van der Waals surface area (Å²) in [7, 11) is 1.96. The van der Waals surface area contributed by atoms with E-state index in [9.17, 15) is 9.18 Å². The van der Waals surface area contributed by atoms with Gasteiger partial charge in [-0.15, -0.1) is 0 Å². The van der Waals surface area contributed by atoms with Gasteiger partial charge in [0, 0.05) is 31.5 Å². The van der Waals surface area contributed by atoms with Gasteiger partial charge >= 0.3 is 0 Å². The largest absolute Gasteiger partial charge is 0.372 e. The van der Waals surface area contributed by atoms with Crippen LogP contribution in [0.2, 0.25) is 5.02 Å². The zero-order chi connectivity index (χ0) is 23.5. The molecule has 0 radical (unpaired) electrons. The molecule has 7 heteroatoms. The maximum atomic E-state index is 13.9. The lowest BCUT2D eigenvalue weighted by atomic mass is 10.2. The van der Waals surface area contributed by atoms with Gasteiger partial charge in [-0.3, -0.25) is 9.36 Å². The number of benzene rings is 3. The molecule has 0 aliphatic heterocycles. The fraction of sp³-hybridized carbons (Fsp3) is 0.231. The van der Waals surface area contributed by atoms with E-state index in [1.54, 1.807) is 18.2 Å². The molecule has 0 spiro atoms. The summed E-state index contributed by atoms with van der Waals surface area (Å²) < 4.78 is 15.4. The van der Waals surface area contributed by atoms with Crippen molar-refractivity contribution in [1.29, 1.82) is 0 Å². The summed E-state index contributed by atoms with van der Waals surface area (Å²) in [6, 6.07) is 19.4. The number of anilines is 2. The first-order valence-corrected chi connectivity index (χ1v) is 11.3. The second-order valence-electron chi connectivity index (χ2n) is 7.83. The molecule has 0 aliphatic rings. The van der Waals surface area contributed by atoms with Gasteiger partial charge in [-0.2, -0.15) is 0 Å². The molecular formula is C26H26ClFN4O. The summed E-state index contributed by atoms with van der Waals surface area (Å²) in [6.45, 7) is 6.44. The fourth-order valence-electron chi connectivity index (χ4n) is 4.01. The van der Waals surface area contributed by atoms with Crippen molar-refractivity contribution in [1.82, 2.24) is 9.55 Å². The number of para-hydroxylation sites is 1. The zero-order valence-corrected chi connectivity index (χ0v) is 19.7. The standard InChI is InChI=1S/C26H26ClFN4O/c1-4-31(5-2)20-10-8-9-19(16-20)30(3)17-25-29-23-14-13-18(28)15-21(23)26(33)32(25)24-12-7-6-11-22(24)27/h6-16H,4-5,17H2,1-3H3. The van der Waals surface area contributed by atoms with E-state index in [1.165, 1.54) is 22.8 Å². The van der Waals surface area contributed by atoms with Crippen LogP contribution in [0.3, 0.4) is 0 Å². The highest BCUT2D eigenvalue weighted by Crippen LogP contribution is 2.25. The highest BCUT2D eigenvalue weighted by atomic mass is 35.5. The molecule has 0 saturated carbocycles. The monoisotopic (exact) mass is 464 g/mol. The van der Waals surface area contributed by atoms with Crippen LogP contribution in [-0.4, -0.2) is 29.7 Å². The summed E-state index contributed by atoms with van der Waals surface area (Å²) in [5.74, 6) is 0.0353. The van der Waals surface area contributed by atoms with Gasteiger partial charge in [0.1, 0.15) is 11.6 Å². The Bertz CT molecular complexity index is 1350. The second-order valence-corrected chi connectivity index (χ2v) is 8.24. The van der Waals surface area contributed by atoms with Crippen LogP contribution in [0.4, 0.5) is 15.8 Å². The molecule has 170 valence electrons. The SMILES string of the molecule is CCN(CC)c1cccc(N(C)Cc2nc3ccc(F)cc3c(=O)n2-c2ccccc2Cl)c1. The Morgan fingerprint density at radius 2 is 1.70 bits per heavy atom. The van der Waals surface area contributed by atoms with Crippen LogP contribution >= 0.6 is 11.6 Å². The van der Waals surface area contributed by atoms with E-state index >= 15 is 0 Å². The van der Waals surface area contributed by atoms with Crippen molar-refractivity contribution in [2.24, 2.45) is 0 Å². The first-order chi connectivity index (χ1) is 15.9. The van der Waals surface area contributed by atoms with Crippen LogP contribution in [0.25, 0.3) is 16.6 Å². The summed E-state index contributed by atoms with van der Waals surface area (Å²) in [5.41, 5.74) is 2.74. The molecule has 3 aromatic carbocycles. The predicted octanol–water partition coefficient (Wildman–Crippen LogP) is 5.66. The van der Waals surface area contributed by atoms with E-state index in [0.717, 1.165) is 24.5 Å². The number of fused-ring (bicyclic) bond motifs is 1. The Morgan fingerprint density at radius 1 is 0.970 bits per heavy atom. The Hall–Kier alpha value is -3.38. The van der Waals surface area contributed by atoms with Crippen LogP contribution in [0.15, 0.2) is 71.5 Å². The maximum absolute atomic E-state index is 13.9. The first kappa shape index (κ1) is 22.8. The average molecular weight is 465 g/mol. The highest BCUT2D eigenvalue weighted by molar-refractivity contribution is 6.32. The minimum Gasteiger partial charge on any atom is -0.372 e. The van der Waals surface area contributed by atoms with Crippen LogP contribution in [-0.2, 0) is 6.54 Å². The van der Waals surface area contributed by atoms with Crippen LogP contribution < -0.4 is 15.4 Å². The molecule has 4 rings (SSSR count). The van der Waals surface area contributed by atoms with Gasteiger partial charge in [0.25, 0.3) is 5.56 Å². The molecule has 0 amide bonds. The maximum Gasteiger partial charge on any atom is 0.266 e. The van der Waals surface area contributed by atoms with Gasteiger partial charge < -0.3 is 9.80 Å². The summed E-state index contributed by atoms with van der Waals surface area (Å²) in [6.07, 6.45) is 0. The Morgan fingerprint density at radius 3 is 2.42 bits per heavy atom. The van der Waals surface area contributed by atoms with Gasteiger partial charge in [-0.05, 0) is 62.4 Å². The van der Waals surface area contributed by atoms with E-state index < -0.39 is 5.82 Å². The minimum absolute atomic E-state index is 0.213. The molecule has 0 fully saturated rings. The molecule has 0 bridgehead atoms. The van der Waals surface area contributed by atoms with E-state index in [2.05, 4.69) is 30.9 Å². The van der Waals surface area contributed by atoms with Gasteiger partial charge in [0.15, 0.2) is 0 Å². The first-order valence-electron chi connectivity index (χ1n) is 10.9. The molecule has 0 aliphatic carbocycles. The Kier molecular flexibility index (Phi) is 6.65. The van der Waals surface area contributed by atoms with Crippen molar-refractivity contribution >= 4 is 33.9 Å². The summed E-state index contributed by atoms with van der Waals surface area (Å²) >= 11 is 6.45. The zero-order valence-electron chi connectivity index (χ0n) is 18.9. The third kappa shape index (κ3) is 4.57. The molecule has 0 N–H and O–H groups in total. The van der Waals surface area contributed by atoms with E-state index in [4.69, 9.17) is 16.6 Å². The van der Waals surface area contributed by atoms with Crippen LogP contribution in [0.1, 0.15) is 19.7 Å². The number of halogens is 2. The van der Waals surface area contributed by atoms with E-state index in [1.807, 2.05) is 30.1 Å². The van der Waals surface area contributed by atoms with Crippen molar-refractivity contribution in [3.63, 3.8) is 0 Å². The number of rotatable bonds is 7. The van der Waals surface area contributed by atoms with Gasteiger partial charge in [0.05, 0.1) is 28.2 Å². The van der Waals surface area contributed by atoms with Gasteiger partial charge in [0.2, 0.25) is 0 Å². The van der Waals surface area contributed by atoms with E-state index in [-0.39, 0.29) is 10.9 Å². The lowest BCUT2D eigenvalue weighted by molar-refractivity contribution is 0.629. The molecule has 0 atom stereocenters. The number of aromatic nitrogens is 2. The minimum atomic E-state index is -0.481.